The minimum Gasteiger partial charge on any atom is -0.335 e. The molecule has 0 radical (unpaired) electrons. The lowest BCUT2D eigenvalue weighted by atomic mass is 9.96. The number of urea groups is 1. The van der Waals surface area contributed by atoms with Crippen molar-refractivity contribution in [1.82, 2.24) is 15.1 Å². The summed E-state index contributed by atoms with van der Waals surface area (Å²) < 4.78 is 0. The molecule has 1 saturated heterocycles. The number of carbonyl (C=O) groups is 1. The number of benzene rings is 1. The highest BCUT2D eigenvalue weighted by Crippen LogP contribution is 2.22. The number of hydrogen-bond donors (Lipinski definition) is 1. The molecule has 5 nitrogen and oxygen atoms in total. The zero-order valence-corrected chi connectivity index (χ0v) is 15.1. The van der Waals surface area contributed by atoms with Crippen LogP contribution in [0.5, 0.6) is 0 Å². The second-order valence-electron chi connectivity index (χ2n) is 7.25. The molecule has 1 N–H and O–H groups in total. The Morgan fingerprint density at radius 3 is 2.36 bits per heavy atom. The van der Waals surface area contributed by atoms with Crippen molar-refractivity contribution in [2.24, 2.45) is 0 Å². The first-order valence-electron chi connectivity index (χ1n) is 9.43. The van der Waals surface area contributed by atoms with Crippen LogP contribution < -0.4 is 5.32 Å². The zero-order chi connectivity index (χ0) is 17.6. The molecule has 2 amide bonds. The Labute approximate surface area is 150 Å². The number of nitrogens with zero attached hydrogens (tertiary/aromatic N) is 3. The van der Waals surface area contributed by atoms with E-state index in [-0.39, 0.29) is 12.1 Å². The highest BCUT2D eigenvalue weighted by Gasteiger charge is 2.28. The number of amides is 2. The predicted molar refractivity (Wildman–Crippen MR) is 98.1 cm³/mol. The maximum absolute atomic E-state index is 12.5. The molecule has 5 heteroatoms. The van der Waals surface area contributed by atoms with Gasteiger partial charge in [0.05, 0.1) is 6.07 Å². The van der Waals surface area contributed by atoms with Crippen LogP contribution in [0.15, 0.2) is 24.3 Å². The molecule has 1 heterocycles. The molecule has 1 unspecified atom stereocenters. The molecule has 0 aromatic heterocycles. The fourth-order valence-corrected chi connectivity index (χ4v) is 3.81. The van der Waals surface area contributed by atoms with E-state index in [0.717, 1.165) is 31.5 Å². The predicted octanol–water partition coefficient (Wildman–Crippen LogP) is 3.22. The summed E-state index contributed by atoms with van der Waals surface area (Å²) in [6, 6.07) is 10.8. The molecule has 1 aromatic rings. The molecule has 1 aliphatic carbocycles. The van der Waals surface area contributed by atoms with Gasteiger partial charge in [-0.1, -0.05) is 49.1 Å². The van der Waals surface area contributed by atoms with Crippen LogP contribution in [-0.2, 0) is 0 Å². The van der Waals surface area contributed by atoms with E-state index in [1.54, 1.807) is 0 Å². The van der Waals surface area contributed by atoms with Gasteiger partial charge in [-0.25, -0.2) is 4.79 Å². The van der Waals surface area contributed by atoms with Gasteiger partial charge in [0.2, 0.25) is 0 Å². The molecule has 2 aliphatic rings. The first kappa shape index (κ1) is 17.8. The van der Waals surface area contributed by atoms with Crippen LogP contribution in [-0.4, -0.2) is 48.1 Å². The third kappa shape index (κ3) is 4.52. The van der Waals surface area contributed by atoms with Crippen molar-refractivity contribution >= 4 is 6.03 Å². The Morgan fingerprint density at radius 2 is 1.76 bits per heavy atom. The average molecular weight is 340 g/mol. The van der Waals surface area contributed by atoms with Gasteiger partial charge in [-0.15, -0.1) is 0 Å². The Bertz CT molecular complexity index is 608. The summed E-state index contributed by atoms with van der Waals surface area (Å²) >= 11 is 0. The van der Waals surface area contributed by atoms with Crippen LogP contribution in [0.4, 0.5) is 4.79 Å². The normalized spacial score (nSPS) is 20.7. The van der Waals surface area contributed by atoms with Crippen LogP contribution >= 0.6 is 0 Å². The highest BCUT2D eigenvalue weighted by atomic mass is 16.2. The standard InChI is InChI=1S/C20H28N4O/c1-16-7-9-17(10-8-16)19(15-21)23-11-13-24(14-12-23)20(25)22-18-5-3-2-4-6-18/h7-10,18-19H,2-6,11-14H2,1H3,(H,22,25). The molecule has 1 aliphatic heterocycles. The van der Waals surface area contributed by atoms with Gasteiger partial charge >= 0.3 is 6.03 Å². The van der Waals surface area contributed by atoms with E-state index >= 15 is 0 Å². The molecular weight excluding hydrogens is 312 g/mol. The first-order valence-corrected chi connectivity index (χ1v) is 9.43. The minimum atomic E-state index is -0.232. The molecule has 0 bridgehead atoms. The maximum Gasteiger partial charge on any atom is 0.317 e. The second-order valence-corrected chi connectivity index (χ2v) is 7.25. The molecule has 25 heavy (non-hydrogen) atoms. The quantitative estimate of drug-likeness (QED) is 0.919. The molecule has 1 aromatic carbocycles. The topological polar surface area (TPSA) is 59.4 Å². The summed E-state index contributed by atoms with van der Waals surface area (Å²) in [6.07, 6.45) is 5.95. The Kier molecular flexibility index (Phi) is 5.93. The van der Waals surface area contributed by atoms with Gasteiger partial charge in [0.15, 0.2) is 0 Å². The second kappa shape index (κ2) is 8.35. The van der Waals surface area contributed by atoms with Gasteiger partial charge in [-0.05, 0) is 25.3 Å². The van der Waals surface area contributed by atoms with Gasteiger partial charge in [0.25, 0.3) is 0 Å². The summed E-state index contributed by atoms with van der Waals surface area (Å²) in [5.74, 6) is 0. The van der Waals surface area contributed by atoms with E-state index in [0.29, 0.717) is 19.1 Å². The Hall–Kier alpha value is -2.06. The van der Waals surface area contributed by atoms with E-state index in [2.05, 4.69) is 23.2 Å². The molecular formula is C20H28N4O. The van der Waals surface area contributed by atoms with Crippen molar-refractivity contribution in [1.29, 1.82) is 5.26 Å². The molecule has 2 fully saturated rings. The van der Waals surface area contributed by atoms with Gasteiger partial charge in [-0.3, -0.25) is 4.90 Å². The summed E-state index contributed by atoms with van der Waals surface area (Å²) in [7, 11) is 0. The van der Waals surface area contributed by atoms with Gasteiger partial charge in [0, 0.05) is 32.2 Å². The van der Waals surface area contributed by atoms with Crippen molar-refractivity contribution in [2.75, 3.05) is 26.2 Å². The summed E-state index contributed by atoms with van der Waals surface area (Å²) in [5, 5.41) is 12.8. The molecule has 1 saturated carbocycles. The lowest BCUT2D eigenvalue weighted by molar-refractivity contribution is 0.121. The Morgan fingerprint density at radius 1 is 1.12 bits per heavy atom. The van der Waals surface area contributed by atoms with E-state index in [9.17, 15) is 10.1 Å². The van der Waals surface area contributed by atoms with Gasteiger partial charge < -0.3 is 10.2 Å². The number of carbonyl (C=O) groups excluding carboxylic acids is 1. The van der Waals surface area contributed by atoms with Crippen molar-refractivity contribution in [3.05, 3.63) is 35.4 Å². The number of aryl methyl sites for hydroxylation is 1. The smallest absolute Gasteiger partial charge is 0.317 e. The number of hydrogen-bond acceptors (Lipinski definition) is 3. The van der Waals surface area contributed by atoms with Crippen LogP contribution in [0, 0.1) is 18.3 Å². The monoisotopic (exact) mass is 340 g/mol. The molecule has 1 atom stereocenters. The van der Waals surface area contributed by atoms with Crippen molar-refractivity contribution in [3.63, 3.8) is 0 Å². The van der Waals surface area contributed by atoms with E-state index in [1.807, 2.05) is 29.2 Å². The maximum atomic E-state index is 12.5. The number of nitrogens with one attached hydrogen (secondary N) is 1. The molecule has 134 valence electrons. The highest BCUT2D eigenvalue weighted by molar-refractivity contribution is 5.74. The molecule has 0 spiro atoms. The van der Waals surface area contributed by atoms with Crippen molar-refractivity contribution in [3.8, 4) is 6.07 Å². The van der Waals surface area contributed by atoms with E-state index in [4.69, 9.17) is 0 Å². The van der Waals surface area contributed by atoms with Crippen LogP contribution in [0.25, 0.3) is 0 Å². The molecule has 3 rings (SSSR count). The minimum absolute atomic E-state index is 0.0652. The van der Waals surface area contributed by atoms with Crippen molar-refractivity contribution in [2.45, 2.75) is 51.1 Å². The van der Waals surface area contributed by atoms with Gasteiger partial charge in [-0.2, -0.15) is 5.26 Å². The first-order chi connectivity index (χ1) is 12.2. The summed E-state index contributed by atoms with van der Waals surface area (Å²) in [6.45, 7) is 4.90. The third-order valence-corrected chi connectivity index (χ3v) is 5.41. The van der Waals surface area contributed by atoms with E-state index in [1.165, 1.54) is 24.8 Å². The SMILES string of the molecule is Cc1ccc(C(C#N)N2CCN(C(=O)NC3CCCCC3)CC2)cc1. The number of nitriles is 1. The lowest BCUT2D eigenvalue weighted by Crippen LogP contribution is -2.54. The summed E-state index contributed by atoms with van der Waals surface area (Å²) in [4.78, 5) is 16.5. The number of piperazine rings is 1. The van der Waals surface area contributed by atoms with Gasteiger partial charge in [0.1, 0.15) is 6.04 Å². The fourth-order valence-electron chi connectivity index (χ4n) is 3.81. The van der Waals surface area contributed by atoms with Crippen molar-refractivity contribution < 1.29 is 4.79 Å². The van der Waals surface area contributed by atoms with Crippen LogP contribution in [0.3, 0.4) is 0 Å². The van der Waals surface area contributed by atoms with E-state index < -0.39 is 0 Å². The number of rotatable bonds is 3. The largest absolute Gasteiger partial charge is 0.335 e. The zero-order valence-electron chi connectivity index (χ0n) is 15.1. The van der Waals surface area contributed by atoms with Crippen LogP contribution in [0.1, 0.15) is 49.3 Å². The summed E-state index contributed by atoms with van der Waals surface area (Å²) in [5.41, 5.74) is 2.23. The lowest BCUT2D eigenvalue weighted by Gasteiger charge is -2.37. The van der Waals surface area contributed by atoms with Crippen LogP contribution in [0.2, 0.25) is 0 Å². The third-order valence-electron chi connectivity index (χ3n) is 5.41. The fraction of sp³-hybridized carbons (Fsp3) is 0.600. The Balaban J connectivity index is 1.52. The average Bonchev–Trinajstić information content (AvgIpc) is 2.65.